The lowest BCUT2D eigenvalue weighted by molar-refractivity contribution is 1.41. The van der Waals surface area contributed by atoms with Crippen LogP contribution in [0.15, 0.2) is 36.0 Å². The molecule has 0 radical (unpaired) electrons. The maximum atomic E-state index is 4.28. The maximum absolute atomic E-state index is 4.28. The molecule has 3 rings (SSSR count). The van der Waals surface area contributed by atoms with Gasteiger partial charge in [-0.2, -0.15) is 0 Å². The number of hydrogen-bond donors (Lipinski definition) is 0. The first-order chi connectivity index (χ1) is 6.43. The minimum atomic E-state index is 1.01. The minimum absolute atomic E-state index is 1.01. The Balaban J connectivity index is 2.57. The number of thiazole rings is 1. The molecule has 0 saturated heterocycles. The van der Waals surface area contributed by atoms with E-state index in [1.165, 1.54) is 10.1 Å². The number of benzene rings is 1. The van der Waals surface area contributed by atoms with Crippen LogP contribution in [0.3, 0.4) is 0 Å². The Hall–Kier alpha value is -1.48. The summed E-state index contributed by atoms with van der Waals surface area (Å²) in [7, 11) is 0. The highest BCUT2D eigenvalue weighted by Gasteiger charge is 1.99. The van der Waals surface area contributed by atoms with Crippen molar-refractivity contribution < 1.29 is 0 Å². The van der Waals surface area contributed by atoms with Gasteiger partial charge in [0.2, 0.25) is 0 Å². The molecule has 0 aliphatic rings. The van der Waals surface area contributed by atoms with Crippen molar-refractivity contribution in [2.75, 3.05) is 0 Å². The van der Waals surface area contributed by atoms with Gasteiger partial charge in [-0.1, -0.05) is 6.07 Å². The largest absolute Gasteiger partial charge is 0.256 e. The van der Waals surface area contributed by atoms with E-state index in [1.54, 1.807) is 17.5 Å². The zero-order valence-corrected chi connectivity index (χ0v) is 7.58. The summed E-state index contributed by atoms with van der Waals surface area (Å²) in [4.78, 5) is 8.52. The van der Waals surface area contributed by atoms with Crippen LogP contribution in [-0.4, -0.2) is 9.97 Å². The predicted molar refractivity (Wildman–Crippen MR) is 54.9 cm³/mol. The summed E-state index contributed by atoms with van der Waals surface area (Å²) in [5, 5.41) is 1.18. The summed E-state index contributed by atoms with van der Waals surface area (Å²) >= 11 is 1.66. The molecule has 3 heteroatoms. The van der Waals surface area contributed by atoms with Crippen LogP contribution in [0.25, 0.3) is 21.1 Å². The van der Waals surface area contributed by atoms with Crippen LogP contribution in [0, 0.1) is 0 Å². The first-order valence-corrected chi connectivity index (χ1v) is 4.89. The van der Waals surface area contributed by atoms with E-state index in [0.29, 0.717) is 0 Å². The summed E-state index contributed by atoms with van der Waals surface area (Å²) < 4.78 is 1.22. The average Bonchev–Trinajstić information content (AvgIpc) is 2.61. The molecule has 0 aliphatic carbocycles. The number of pyridine rings is 1. The molecular formula is C10H6N2S. The van der Waals surface area contributed by atoms with Crippen molar-refractivity contribution in [1.82, 2.24) is 9.97 Å². The van der Waals surface area contributed by atoms with E-state index in [0.717, 1.165) is 11.0 Å². The second-order valence-corrected chi connectivity index (χ2v) is 3.75. The Morgan fingerprint density at radius 3 is 3.08 bits per heavy atom. The van der Waals surface area contributed by atoms with Crippen molar-refractivity contribution in [2.45, 2.75) is 0 Å². The lowest BCUT2D eigenvalue weighted by Crippen LogP contribution is -1.76. The predicted octanol–water partition coefficient (Wildman–Crippen LogP) is 2.84. The molecule has 0 amide bonds. The third-order valence-corrected chi connectivity index (χ3v) is 2.85. The van der Waals surface area contributed by atoms with Crippen LogP contribution in [0.2, 0.25) is 0 Å². The number of aromatic nitrogens is 2. The molecule has 13 heavy (non-hydrogen) atoms. The fourth-order valence-electron chi connectivity index (χ4n) is 1.42. The zero-order chi connectivity index (χ0) is 8.67. The fraction of sp³-hybridized carbons (Fsp3) is 0. The Bertz CT molecular complexity index is 521. The van der Waals surface area contributed by atoms with Crippen molar-refractivity contribution in [3.05, 3.63) is 36.0 Å². The van der Waals surface area contributed by atoms with E-state index in [1.807, 2.05) is 17.6 Å². The number of rotatable bonds is 0. The van der Waals surface area contributed by atoms with Gasteiger partial charge >= 0.3 is 0 Å². The fourth-order valence-corrected chi connectivity index (χ4v) is 2.13. The number of hydrogen-bond acceptors (Lipinski definition) is 3. The highest BCUT2D eigenvalue weighted by Crippen LogP contribution is 2.22. The van der Waals surface area contributed by atoms with Crippen LogP contribution >= 0.6 is 11.3 Å². The van der Waals surface area contributed by atoms with Gasteiger partial charge in [-0.05, 0) is 18.2 Å². The van der Waals surface area contributed by atoms with Gasteiger partial charge in [-0.25, -0.2) is 4.98 Å². The van der Waals surface area contributed by atoms with Crippen molar-refractivity contribution in [3.63, 3.8) is 0 Å². The summed E-state index contributed by atoms with van der Waals surface area (Å²) in [5.41, 5.74) is 3.92. The smallest absolute Gasteiger partial charge is 0.0833 e. The van der Waals surface area contributed by atoms with E-state index in [-0.39, 0.29) is 0 Å². The molecule has 0 atom stereocenters. The standard InChI is InChI=1S/C10H6N2S/c1-2-7-4-10-9(12-6-13-10)5-8(7)11-3-1/h1-6H. The average molecular weight is 186 g/mol. The highest BCUT2D eigenvalue weighted by atomic mass is 32.1. The molecule has 2 nitrogen and oxygen atoms in total. The van der Waals surface area contributed by atoms with Crippen LogP contribution in [0.1, 0.15) is 0 Å². The third-order valence-electron chi connectivity index (χ3n) is 2.06. The Labute approximate surface area is 78.9 Å². The second-order valence-electron chi connectivity index (χ2n) is 2.87. The quantitative estimate of drug-likeness (QED) is 0.539. The summed E-state index contributed by atoms with van der Waals surface area (Å²) in [5.74, 6) is 0. The summed E-state index contributed by atoms with van der Waals surface area (Å²) in [6, 6.07) is 8.19. The SMILES string of the molecule is c1cnc2cc3ncsc3cc2c1. The van der Waals surface area contributed by atoms with Gasteiger partial charge in [0.1, 0.15) is 0 Å². The normalized spacial score (nSPS) is 11.1. The van der Waals surface area contributed by atoms with E-state index < -0.39 is 0 Å². The third kappa shape index (κ3) is 1.01. The van der Waals surface area contributed by atoms with Gasteiger partial charge in [0.15, 0.2) is 0 Å². The molecule has 0 unspecified atom stereocenters. The van der Waals surface area contributed by atoms with E-state index >= 15 is 0 Å². The van der Waals surface area contributed by atoms with Gasteiger partial charge in [0, 0.05) is 11.6 Å². The van der Waals surface area contributed by atoms with Crippen LogP contribution in [-0.2, 0) is 0 Å². The molecule has 2 aromatic heterocycles. The number of fused-ring (bicyclic) bond motifs is 2. The lowest BCUT2D eigenvalue weighted by atomic mass is 10.2. The molecule has 0 aliphatic heterocycles. The molecule has 0 fully saturated rings. The minimum Gasteiger partial charge on any atom is -0.256 e. The lowest BCUT2D eigenvalue weighted by Gasteiger charge is -1.94. The van der Waals surface area contributed by atoms with Crippen molar-refractivity contribution in [3.8, 4) is 0 Å². The maximum Gasteiger partial charge on any atom is 0.0833 e. The second kappa shape index (κ2) is 2.50. The Kier molecular flexibility index (Phi) is 1.34. The summed E-state index contributed by atoms with van der Waals surface area (Å²) in [6.45, 7) is 0. The van der Waals surface area contributed by atoms with Crippen molar-refractivity contribution >= 4 is 32.5 Å². The Morgan fingerprint density at radius 2 is 2.08 bits per heavy atom. The van der Waals surface area contributed by atoms with E-state index in [2.05, 4.69) is 22.1 Å². The first kappa shape index (κ1) is 6.97. The van der Waals surface area contributed by atoms with Gasteiger partial charge < -0.3 is 0 Å². The van der Waals surface area contributed by atoms with Gasteiger partial charge in [-0.3, -0.25) is 4.98 Å². The molecule has 0 spiro atoms. The molecular weight excluding hydrogens is 180 g/mol. The van der Waals surface area contributed by atoms with Gasteiger partial charge in [0.05, 0.1) is 21.2 Å². The molecule has 0 N–H and O–H groups in total. The van der Waals surface area contributed by atoms with Crippen molar-refractivity contribution in [2.24, 2.45) is 0 Å². The zero-order valence-electron chi connectivity index (χ0n) is 6.77. The Morgan fingerprint density at radius 1 is 1.08 bits per heavy atom. The molecule has 0 bridgehead atoms. The first-order valence-electron chi connectivity index (χ1n) is 4.01. The molecule has 1 aromatic carbocycles. The molecule has 0 saturated carbocycles. The molecule has 62 valence electrons. The number of nitrogens with zero attached hydrogens (tertiary/aromatic N) is 2. The topological polar surface area (TPSA) is 25.8 Å². The van der Waals surface area contributed by atoms with E-state index in [9.17, 15) is 0 Å². The van der Waals surface area contributed by atoms with Gasteiger partial charge in [0.25, 0.3) is 0 Å². The van der Waals surface area contributed by atoms with Crippen LogP contribution in [0.4, 0.5) is 0 Å². The van der Waals surface area contributed by atoms with Gasteiger partial charge in [-0.15, -0.1) is 11.3 Å². The molecule has 3 aromatic rings. The van der Waals surface area contributed by atoms with Crippen molar-refractivity contribution in [1.29, 1.82) is 0 Å². The highest BCUT2D eigenvalue weighted by molar-refractivity contribution is 7.16. The monoisotopic (exact) mass is 186 g/mol. The van der Waals surface area contributed by atoms with Crippen LogP contribution < -0.4 is 0 Å². The molecule has 2 heterocycles. The summed E-state index contributed by atoms with van der Waals surface area (Å²) in [6.07, 6.45) is 1.81. The van der Waals surface area contributed by atoms with Crippen LogP contribution in [0.5, 0.6) is 0 Å². The van der Waals surface area contributed by atoms with E-state index in [4.69, 9.17) is 0 Å².